The molecular weight excluding hydrogens is 267 g/mol. The van der Waals surface area contributed by atoms with Gasteiger partial charge in [0.15, 0.2) is 0 Å². The van der Waals surface area contributed by atoms with Crippen LogP contribution >= 0.6 is 0 Å². The number of halogens is 3. The molecular formula is C14H20F3N3. The summed E-state index contributed by atoms with van der Waals surface area (Å²) < 4.78 is 36.8. The highest BCUT2D eigenvalue weighted by atomic mass is 19.4. The van der Waals surface area contributed by atoms with Gasteiger partial charge in [-0.1, -0.05) is 0 Å². The minimum absolute atomic E-state index is 0.127. The first-order chi connectivity index (χ1) is 9.39. The van der Waals surface area contributed by atoms with Crippen molar-refractivity contribution in [3.05, 3.63) is 22.8 Å². The zero-order valence-electron chi connectivity index (χ0n) is 11.8. The molecule has 1 aliphatic rings. The van der Waals surface area contributed by atoms with E-state index >= 15 is 0 Å². The summed E-state index contributed by atoms with van der Waals surface area (Å²) in [5, 5.41) is 3.17. The summed E-state index contributed by atoms with van der Waals surface area (Å²) in [6.45, 7) is 2.83. The molecule has 0 amide bonds. The third-order valence-electron chi connectivity index (χ3n) is 3.75. The van der Waals surface area contributed by atoms with Crippen LogP contribution < -0.4 is 5.32 Å². The summed E-state index contributed by atoms with van der Waals surface area (Å²) in [5.74, 6) is 0.890. The number of nitrogens with one attached hydrogen (secondary N) is 1. The molecule has 0 aliphatic heterocycles. The SMILES string of the molecule is CNCC1CCc2nc(CCC(F)(F)F)nc(C)c2C1. The Morgan fingerprint density at radius 3 is 2.70 bits per heavy atom. The summed E-state index contributed by atoms with van der Waals surface area (Å²) in [4.78, 5) is 8.59. The lowest BCUT2D eigenvalue weighted by Gasteiger charge is -2.25. The number of hydrogen-bond donors (Lipinski definition) is 1. The fourth-order valence-electron chi connectivity index (χ4n) is 2.75. The summed E-state index contributed by atoms with van der Waals surface area (Å²) in [7, 11) is 1.93. The van der Waals surface area contributed by atoms with Crippen LogP contribution in [0.1, 0.15) is 35.6 Å². The van der Waals surface area contributed by atoms with E-state index in [1.165, 1.54) is 0 Å². The lowest BCUT2D eigenvalue weighted by Crippen LogP contribution is -2.26. The standard InChI is InChI=1S/C14H20F3N3/c1-9-11-7-10(8-18-2)3-4-12(11)20-13(19-9)5-6-14(15,16)17/h10,18H,3-8H2,1-2H3. The van der Waals surface area contributed by atoms with Crippen molar-refractivity contribution < 1.29 is 13.2 Å². The normalized spacial score (nSPS) is 18.9. The first-order valence-electron chi connectivity index (χ1n) is 6.95. The van der Waals surface area contributed by atoms with E-state index < -0.39 is 12.6 Å². The van der Waals surface area contributed by atoms with E-state index in [-0.39, 0.29) is 6.42 Å². The van der Waals surface area contributed by atoms with Gasteiger partial charge >= 0.3 is 6.18 Å². The number of nitrogens with zero attached hydrogens (tertiary/aromatic N) is 2. The van der Waals surface area contributed by atoms with Crippen molar-refractivity contribution in [2.45, 2.75) is 45.2 Å². The number of fused-ring (bicyclic) bond motifs is 1. The monoisotopic (exact) mass is 287 g/mol. The maximum Gasteiger partial charge on any atom is 0.389 e. The highest BCUT2D eigenvalue weighted by molar-refractivity contribution is 5.28. The van der Waals surface area contributed by atoms with Crippen LogP contribution in [0.3, 0.4) is 0 Å². The van der Waals surface area contributed by atoms with Crippen LogP contribution in [0, 0.1) is 12.8 Å². The first kappa shape index (κ1) is 15.2. The first-order valence-corrected chi connectivity index (χ1v) is 6.95. The van der Waals surface area contributed by atoms with Crippen molar-refractivity contribution >= 4 is 0 Å². The molecule has 0 radical (unpaired) electrons. The van der Waals surface area contributed by atoms with Gasteiger partial charge in [0, 0.05) is 17.8 Å². The molecule has 0 saturated carbocycles. The van der Waals surface area contributed by atoms with E-state index in [0.717, 1.165) is 42.8 Å². The van der Waals surface area contributed by atoms with Gasteiger partial charge in [-0.05, 0) is 51.3 Å². The van der Waals surface area contributed by atoms with Gasteiger partial charge in [-0.2, -0.15) is 13.2 Å². The molecule has 0 fully saturated rings. The molecule has 20 heavy (non-hydrogen) atoms. The largest absolute Gasteiger partial charge is 0.389 e. The summed E-state index contributed by atoms with van der Waals surface area (Å²) in [6.07, 6.45) is -2.34. The predicted molar refractivity (Wildman–Crippen MR) is 70.6 cm³/mol. The number of aryl methyl sites for hydroxylation is 3. The Bertz CT molecular complexity index is 471. The van der Waals surface area contributed by atoms with E-state index in [9.17, 15) is 13.2 Å². The molecule has 0 saturated heterocycles. The van der Waals surface area contributed by atoms with E-state index in [1.54, 1.807) is 0 Å². The Labute approximate surface area is 117 Å². The van der Waals surface area contributed by atoms with Gasteiger partial charge in [-0.15, -0.1) is 0 Å². The zero-order valence-corrected chi connectivity index (χ0v) is 11.8. The van der Waals surface area contributed by atoms with Crippen LogP contribution in [-0.4, -0.2) is 29.7 Å². The van der Waals surface area contributed by atoms with E-state index in [2.05, 4.69) is 15.3 Å². The maximum absolute atomic E-state index is 12.3. The average molecular weight is 287 g/mol. The van der Waals surface area contributed by atoms with Gasteiger partial charge in [0.05, 0.1) is 6.42 Å². The number of aromatic nitrogens is 2. The van der Waals surface area contributed by atoms with Gasteiger partial charge in [0.2, 0.25) is 0 Å². The summed E-state index contributed by atoms with van der Waals surface area (Å²) in [5.41, 5.74) is 2.92. The Balaban J connectivity index is 2.12. The fraction of sp³-hybridized carbons (Fsp3) is 0.714. The molecule has 1 unspecified atom stereocenters. The fourth-order valence-corrected chi connectivity index (χ4v) is 2.75. The van der Waals surface area contributed by atoms with Crippen LogP contribution in [0.25, 0.3) is 0 Å². The van der Waals surface area contributed by atoms with Gasteiger partial charge in [-0.3, -0.25) is 0 Å². The van der Waals surface area contributed by atoms with Crippen LogP contribution in [0.5, 0.6) is 0 Å². The average Bonchev–Trinajstić information content (AvgIpc) is 2.37. The zero-order chi connectivity index (χ0) is 14.8. The third-order valence-corrected chi connectivity index (χ3v) is 3.75. The Morgan fingerprint density at radius 1 is 1.30 bits per heavy atom. The van der Waals surface area contributed by atoms with Crippen LogP contribution in [0.15, 0.2) is 0 Å². The molecule has 1 N–H and O–H groups in total. The maximum atomic E-state index is 12.3. The quantitative estimate of drug-likeness (QED) is 0.925. The second kappa shape index (κ2) is 6.08. The second-order valence-corrected chi connectivity index (χ2v) is 5.43. The molecule has 0 bridgehead atoms. The molecule has 2 rings (SSSR count). The Morgan fingerprint density at radius 2 is 2.05 bits per heavy atom. The number of hydrogen-bond acceptors (Lipinski definition) is 3. The number of alkyl halides is 3. The van der Waals surface area contributed by atoms with Gasteiger partial charge in [-0.25, -0.2) is 9.97 Å². The van der Waals surface area contributed by atoms with Crippen molar-refractivity contribution in [1.82, 2.24) is 15.3 Å². The molecule has 112 valence electrons. The van der Waals surface area contributed by atoms with Crippen molar-refractivity contribution in [2.24, 2.45) is 5.92 Å². The van der Waals surface area contributed by atoms with Gasteiger partial charge in [0.1, 0.15) is 5.82 Å². The van der Waals surface area contributed by atoms with Crippen molar-refractivity contribution in [1.29, 1.82) is 0 Å². The summed E-state index contributed by atoms with van der Waals surface area (Å²) >= 11 is 0. The minimum Gasteiger partial charge on any atom is -0.319 e. The van der Waals surface area contributed by atoms with Gasteiger partial charge < -0.3 is 5.32 Å². The highest BCUT2D eigenvalue weighted by Crippen LogP contribution is 2.27. The lowest BCUT2D eigenvalue weighted by molar-refractivity contribution is -0.134. The Hall–Kier alpha value is -1.17. The smallest absolute Gasteiger partial charge is 0.319 e. The molecule has 0 spiro atoms. The van der Waals surface area contributed by atoms with E-state index in [1.807, 2.05) is 14.0 Å². The summed E-state index contributed by atoms with van der Waals surface area (Å²) in [6, 6.07) is 0. The molecule has 1 heterocycles. The van der Waals surface area contributed by atoms with Gasteiger partial charge in [0.25, 0.3) is 0 Å². The molecule has 1 aromatic heterocycles. The molecule has 3 nitrogen and oxygen atoms in total. The Kier molecular flexibility index (Phi) is 4.62. The van der Waals surface area contributed by atoms with E-state index in [4.69, 9.17) is 0 Å². The van der Waals surface area contributed by atoms with Crippen LogP contribution in [-0.2, 0) is 19.3 Å². The highest BCUT2D eigenvalue weighted by Gasteiger charge is 2.28. The van der Waals surface area contributed by atoms with Crippen molar-refractivity contribution in [3.63, 3.8) is 0 Å². The minimum atomic E-state index is -4.15. The van der Waals surface area contributed by atoms with Crippen LogP contribution in [0.4, 0.5) is 13.2 Å². The third kappa shape index (κ3) is 3.91. The molecule has 6 heteroatoms. The topological polar surface area (TPSA) is 37.8 Å². The predicted octanol–water partition coefficient (Wildman–Crippen LogP) is 2.60. The van der Waals surface area contributed by atoms with Crippen LogP contribution in [0.2, 0.25) is 0 Å². The van der Waals surface area contributed by atoms with Crippen molar-refractivity contribution in [2.75, 3.05) is 13.6 Å². The second-order valence-electron chi connectivity index (χ2n) is 5.43. The van der Waals surface area contributed by atoms with Crippen molar-refractivity contribution in [3.8, 4) is 0 Å². The lowest BCUT2D eigenvalue weighted by atomic mass is 9.85. The van der Waals surface area contributed by atoms with E-state index in [0.29, 0.717) is 11.7 Å². The number of rotatable bonds is 4. The molecule has 1 aromatic rings. The molecule has 1 atom stereocenters. The molecule has 1 aliphatic carbocycles. The molecule has 0 aromatic carbocycles.